The number of hydrogen-bond donors (Lipinski definition) is 1. The molecule has 0 spiro atoms. The molecule has 1 aromatic carbocycles. The molecule has 2 unspecified atom stereocenters. The summed E-state index contributed by atoms with van der Waals surface area (Å²) in [7, 11) is 0. The molecule has 1 heterocycles. The molecule has 16 heavy (non-hydrogen) atoms. The van der Waals surface area contributed by atoms with E-state index in [4.69, 9.17) is 5.73 Å². The zero-order valence-electron chi connectivity index (χ0n) is 10.3. The zero-order valence-corrected chi connectivity index (χ0v) is 10.3. The van der Waals surface area contributed by atoms with Gasteiger partial charge in [0.25, 0.3) is 0 Å². The number of nitrogen functional groups attached to an aromatic ring is 1. The molecule has 2 rings (SSSR count). The molecule has 1 fully saturated rings. The van der Waals surface area contributed by atoms with Gasteiger partial charge in [-0.15, -0.1) is 0 Å². The summed E-state index contributed by atoms with van der Waals surface area (Å²) in [5.74, 6) is 0.899. The SMILES string of the molecule is CCC1CCN(C(C)c2ccc(N)cc2)C1. The fourth-order valence-corrected chi connectivity index (χ4v) is 2.53. The van der Waals surface area contributed by atoms with Crippen LogP contribution >= 0.6 is 0 Å². The normalized spacial score (nSPS) is 23.5. The molecule has 88 valence electrons. The number of anilines is 1. The fraction of sp³-hybridized carbons (Fsp3) is 0.571. The van der Waals surface area contributed by atoms with Gasteiger partial charge >= 0.3 is 0 Å². The first kappa shape index (κ1) is 11.5. The van der Waals surface area contributed by atoms with E-state index in [-0.39, 0.29) is 0 Å². The molecule has 2 atom stereocenters. The third kappa shape index (κ3) is 2.38. The Morgan fingerprint density at radius 1 is 1.38 bits per heavy atom. The van der Waals surface area contributed by atoms with E-state index < -0.39 is 0 Å². The Bertz CT molecular complexity index is 331. The lowest BCUT2D eigenvalue weighted by atomic mass is 10.1. The second-order valence-corrected chi connectivity index (χ2v) is 4.90. The van der Waals surface area contributed by atoms with Crippen LogP contribution in [0.25, 0.3) is 0 Å². The van der Waals surface area contributed by atoms with Crippen molar-refractivity contribution in [3.05, 3.63) is 29.8 Å². The number of likely N-dealkylation sites (tertiary alicyclic amines) is 1. The highest BCUT2D eigenvalue weighted by Crippen LogP contribution is 2.28. The summed E-state index contributed by atoms with van der Waals surface area (Å²) in [6.07, 6.45) is 2.67. The summed E-state index contributed by atoms with van der Waals surface area (Å²) in [5.41, 5.74) is 7.94. The minimum absolute atomic E-state index is 0.525. The Hall–Kier alpha value is -1.02. The second kappa shape index (κ2) is 4.88. The van der Waals surface area contributed by atoms with Crippen molar-refractivity contribution in [2.45, 2.75) is 32.7 Å². The van der Waals surface area contributed by atoms with Gasteiger partial charge in [-0.3, -0.25) is 4.90 Å². The van der Waals surface area contributed by atoms with Crippen molar-refractivity contribution < 1.29 is 0 Å². The third-order valence-corrected chi connectivity index (χ3v) is 3.86. The smallest absolute Gasteiger partial charge is 0.0320 e. The van der Waals surface area contributed by atoms with Crippen molar-refractivity contribution >= 4 is 5.69 Å². The van der Waals surface area contributed by atoms with E-state index in [9.17, 15) is 0 Å². The van der Waals surface area contributed by atoms with E-state index in [1.165, 1.54) is 31.5 Å². The van der Waals surface area contributed by atoms with E-state index in [1.54, 1.807) is 0 Å². The van der Waals surface area contributed by atoms with Crippen molar-refractivity contribution in [3.63, 3.8) is 0 Å². The largest absolute Gasteiger partial charge is 0.399 e. The molecule has 0 aliphatic carbocycles. The van der Waals surface area contributed by atoms with Crippen LogP contribution < -0.4 is 5.73 Å². The van der Waals surface area contributed by atoms with E-state index in [0.717, 1.165) is 11.6 Å². The second-order valence-electron chi connectivity index (χ2n) is 4.90. The van der Waals surface area contributed by atoms with E-state index in [0.29, 0.717) is 6.04 Å². The Morgan fingerprint density at radius 3 is 2.62 bits per heavy atom. The van der Waals surface area contributed by atoms with Gasteiger partial charge in [-0.2, -0.15) is 0 Å². The van der Waals surface area contributed by atoms with Gasteiger partial charge in [0.05, 0.1) is 0 Å². The predicted octanol–water partition coefficient (Wildman–Crippen LogP) is 3.06. The van der Waals surface area contributed by atoms with Gasteiger partial charge in [0.1, 0.15) is 0 Å². The molecule has 2 N–H and O–H groups in total. The van der Waals surface area contributed by atoms with Crippen LogP contribution in [0.2, 0.25) is 0 Å². The van der Waals surface area contributed by atoms with Crippen molar-refractivity contribution in [1.82, 2.24) is 4.90 Å². The standard InChI is InChI=1S/C14H22N2/c1-3-12-8-9-16(10-12)11(2)13-4-6-14(15)7-5-13/h4-7,11-12H,3,8-10,15H2,1-2H3. The van der Waals surface area contributed by atoms with Crippen molar-refractivity contribution in [3.8, 4) is 0 Å². The summed E-state index contributed by atoms with van der Waals surface area (Å²) in [5, 5.41) is 0. The van der Waals surface area contributed by atoms with Crippen molar-refractivity contribution in [1.29, 1.82) is 0 Å². The van der Waals surface area contributed by atoms with Gasteiger partial charge in [-0.25, -0.2) is 0 Å². The number of rotatable bonds is 3. The number of nitrogens with zero attached hydrogens (tertiary/aromatic N) is 1. The third-order valence-electron chi connectivity index (χ3n) is 3.86. The van der Waals surface area contributed by atoms with Crippen molar-refractivity contribution in [2.24, 2.45) is 5.92 Å². The Kier molecular flexibility index (Phi) is 3.49. The highest BCUT2D eigenvalue weighted by Gasteiger charge is 2.25. The van der Waals surface area contributed by atoms with E-state index in [1.807, 2.05) is 12.1 Å². The Balaban J connectivity index is 2.02. The first-order valence-electron chi connectivity index (χ1n) is 6.30. The molecule has 1 saturated heterocycles. The summed E-state index contributed by atoms with van der Waals surface area (Å²) < 4.78 is 0. The van der Waals surface area contributed by atoms with Crippen LogP contribution in [0, 0.1) is 5.92 Å². The van der Waals surface area contributed by atoms with Gasteiger partial charge in [-0.05, 0) is 43.5 Å². The molecule has 2 heteroatoms. The van der Waals surface area contributed by atoms with Crippen LogP contribution in [0.5, 0.6) is 0 Å². The first-order valence-corrected chi connectivity index (χ1v) is 6.30. The van der Waals surface area contributed by atoms with E-state index in [2.05, 4.69) is 30.9 Å². The summed E-state index contributed by atoms with van der Waals surface area (Å²) >= 11 is 0. The number of hydrogen-bond acceptors (Lipinski definition) is 2. The maximum Gasteiger partial charge on any atom is 0.0320 e. The molecule has 0 amide bonds. The summed E-state index contributed by atoms with van der Waals surface area (Å²) in [6, 6.07) is 8.83. The lowest BCUT2D eigenvalue weighted by Gasteiger charge is -2.24. The minimum atomic E-state index is 0.525. The lowest BCUT2D eigenvalue weighted by Crippen LogP contribution is -2.24. The summed E-state index contributed by atoms with van der Waals surface area (Å²) in [4.78, 5) is 2.58. The zero-order chi connectivity index (χ0) is 11.5. The monoisotopic (exact) mass is 218 g/mol. The Morgan fingerprint density at radius 2 is 2.06 bits per heavy atom. The molecule has 0 radical (unpaired) electrons. The van der Waals surface area contributed by atoms with Gasteiger partial charge in [0, 0.05) is 18.3 Å². The van der Waals surface area contributed by atoms with Crippen molar-refractivity contribution in [2.75, 3.05) is 18.8 Å². The molecule has 0 bridgehead atoms. The van der Waals surface area contributed by atoms with Crippen LogP contribution in [0.15, 0.2) is 24.3 Å². The molecular formula is C14H22N2. The highest BCUT2D eigenvalue weighted by molar-refractivity contribution is 5.40. The fourth-order valence-electron chi connectivity index (χ4n) is 2.53. The van der Waals surface area contributed by atoms with Gasteiger partial charge in [0.15, 0.2) is 0 Å². The molecule has 1 aliphatic heterocycles. The maximum absolute atomic E-state index is 5.71. The Labute approximate surface area is 98.4 Å². The average Bonchev–Trinajstić information content (AvgIpc) is 2.77. The summed E-state index contributed by atoms with van der Waals surface area (Å²) in [6.45, 7) is 7.08. The quantitative estimate of drug-likeness (QED) is 0.790. The molecular weight excluding hydrogens is 196 g/mol. The molecule has 1 aromatic rings. The highest BCUT2D eigenvalue weighted by atomic mass is 15.2. The predicted molar refractivity (Wildman–Crippen MR) is 69.2 cm³/mol. The minimum Gasteiger partial charge on any atom is -0.399 e. The topological polar surface area (TPSA) is 29.3 Å². The average molecular weight is 218 g/mol. The number of nitrogens with two attached hydrogens (primary N) is 1. The van der Waals surface area contributed by atoms with Gasteiger partial charge in [0.2, 0.25) is 0 Å². The molecule has 2 nitrogen and oxygen atoms in total. The van der Waals surface area contributed by atoms with Crippen LogP contribution in [0.3, 0.4) is 0 Å². The molecule has 0 aromatic heterocycles. The number of benzene rings is 1. The van der Waals surface area contributed by atoms with E-state index >= 15 is 0 Å². The molecule has 1 aliphatic rings. The van der Waals surface area contributed by atoms with Crippen LogP contribution in [-0.4, -0.2) is 18.0 Å². The first-order chi connectivity index (χ1) is 7.70. The lowest BCUT2D eigenvalue weighted by molar-refractivity contribution is 0.252. The van der Waals surface area contributed by atoms with Gasteiger partial charge < -0.3 is 5.73 Å². The van der Waals surface area contributed by atoms with Gasteiger partial charge in [-0.1, -0.05) is 25.5 Å². The van der Waals surface area contributed by atoms with Crippen LogP contribution in [0.4, 0.5) is 5.69 Å². The molecule has 0 saturated carbocycles. The maximum atomic E-state index is 5.71. The van der Waals surface area contributed by atoms with Crippen LogP contribution in [-0.2, 0) is 0 Å². The van der Waals surface area contributed by atoms with Crippen LogP contribution in [0.1, 0.15) is 38.3 Å².